The van der Waals surface area contributed by atoms with Crippen LogP contribution in [0.2, 0.25) is 10.1 Å². The van der Waals surface area contributed by atoms with E-state index >= 15 is 0 Å². The Balaban J connectivity index is 2.10. The van der Waals surface area contributed by atoms with Crippen molar-refractivity contribution >= 4 is 26.1 Å². The number of benzene rings is 2. The molecular formula is C18H15NSe. The summed E-state index contributed by atoms with van der Waals surface area (Å²) >= 11 is 0.387. The van der Waals surface area contributed by atoms with E-state index in [4.69, 9.17) is 0 Å². The first kappa shape index (κ1) is 13.2. The Bertz CT molecular complexity index is 653. The van der Waals surface area contributed by atoms with E-state index in [1.807, 2.05) is 6.07 Å². The molecule has 0 N–H and O–H groups in total. The molecule has 0 fully saturated rings. The maximum atomic E-state index is 9.26. The zero-order valence-electron chi connectivity index (χ0n) is 11.1. The van der Waals surface area contributed by atoms with Gasteiger partial charge < -0.3 is 0 Å². The summed E-state index contributed by atoms with van der Waals surface area (Å²) in [5, 5.41) is 10.3. The average molecular weight is 324 g/mol. The summed E-state index contributed by atoms with van der Waals surface area (Å²) in [6, 6.07) is 23.6. The first-order valence-electron chi connectivity index (χ1n) is 6.72. The Kier molecular flexibility index (Phi) is 4.02. The van der Waals surface area contributed by atoms with E-state index in [1.165, 1.54) is 22.3 Å². The van der Waals surface area contributed by atoms with E-state index in [0.29, 0.717) is 15.0 Å². The van der Waals surface area contributed by atoms with Gasteiger partial charge in [-0.2, -0.15) is 0 Å². The molecule has 20 heavy (non-hydrogen) atoms. The van der Waals surface area contributed by atoms with Gasteiger partial charge in [-0.3, -0.25) is 0 Å². The predicted molar refractivity (Wildman–Crippen MR) is 84.2 cm³/mol. The molecule has 1 unspecified atom stereocenters. The van der Waals surface area contributed by atoms with Crippen LogP contribution in [0.4, 0.5) is 0 Å². The van der Waals surface area contributed by atoms with Gasteiger partial charge >= 0.3 is 126 Å². The molecule has 1 heterocycles. The normalized spacial score (nSPS) is 18.6. The van der Waals surface area contributed by atoms with E-state index in [2.05, 4.69) is 60.7 Å². The fourth-order valence-corrected chi connectivity index (χ4v) is 4.79. The molecule has 3 rings (SSSR count). The third-order valence-electron chi connectivity index (χ3n) is 3.57. The van der Waals surface area contributed by atoms with Crippen molar-refractivity contribution in [2.24, 2.45) is 0 Å². The van der Waals surface area contributed by atoms with Gasteiger partial charge in [0.25, 0.3) is 0 Å². The molecule has 0 amide bonds. The van der Waals surface area contributed by atoms with Crippen LogP contribution in [0, 0.1) is 11.3 Å². The van der Waals surface area contributed by atoms with Crippen LogP contribution in [-0.2, 0) is 0 Å². The van der Waals surface area contributed by atoms with E-state index in [0.717, 1.165) is 11.7 Å². The fourth-order valence-electron chi connectivity index (χ4n) is 2.55. The third kappa shape index (κ3) is 2.70. The standard InChI is InChI=1S/C18H15NSe/c19-12-16-11-17(14-7-3-1-4-8-14)18(13-20-16)15-9-5-2-6-10-15/h1-10,16H,11,13H2. The Morgan fingerprint density at radius 3 is 1.95 bits per heavy atom. The molecular weight excluding hydrogens is 309 g/mol. The van der Waals surface area contributed by atoms with Gasteiger partial charge in [-0.25, -0.2) is 0 Å². The second-order valence-electron chi connectivity index (χ2n) is 4.82. The average Bonchev–Trinajstić information content (AvgIpc) is 2.56. The Labute approximate surface area is 126 Å². The monoisotopic (exact) mass is 325 g/mol. The van der Waals surface area contributed by atoms with Crippen molar-refractivity contribution in [1.29, 1.82) is 5.26 Å². The SMILES string of the molecule is N#CC1CC(c2ccccc2)=C(c2ccccc2)C[Se]1. The summed E-state index contributed by atoms with van der Waals surface area (Å²) in [6.07, 6.45) is 0.894. The zero-order valence-corrected chi connectivity index (χ0v) is 12.8. The summed E-state index contributed by atoms with van der Waals surface area (Å²) in [7, 11) is 0. The molecule has 2 heteroatoms. The number of nitriles is 1. The van der Waals surface area contributed by atoms with Crippen LogP contribution in [0.1, 0.15) is 17.5 Å². The molecule has 1 aliphatic heterocycles. The van der Waals surface area contributed by atoms with Crippen LogP contribution < -0.4 is 0 Å². The predicted octanol–water partition coefficient (Wildman–Crippen LogP) is 4.44. The maximum absolute atomic E-state index is 9.26. The van der Waals surface area contributed by atoms with Crippen molar-refractivity contribution in [2.75, 3.05) is 0 Å². The summed E-state index contributed by atoms with van der Waals surface area (Å²) < 4.78 is 0. The molecule has 1 nitrogen and oxygen atoms in total. The summed E-state index contributed by atoms with van der Waals surface area (Å²) in [5.74, 6) is 0. The van der Waals surface area contributed by atoms with Crippen LogP contribution in [0.25, 0.3) is 11.1 Å². The van der Waals surface area contributed by atoms with E-state index < -0.39 is 0 Å². The molecule has 2 aromatic rings. The van der Waals surface area contributed by atoms with Crippen LogP contribution in [0.3, 0.4) is 0 Å². The van der Waals surface area contributed by atoms with E-state index in [-0.39, 0.29) is 4.82 Å². The summed E-state index contributed by atoms with van der Waals surface area (Å²) in [6.45, 7) is 0. The van der Waals surface area contributed by atoms with Crippen molar-refractivity contribution in [1.82, 2.24) is 0 Å². The summed E-state index contributed by atoms with van der Waals surface area (Å²) in [5.41, 5.74) is 5.37. The fraction of sp³-hybridized carbons (Fsp3) is 0.167. The molecule has 1 atom stereocenters. The molecule has 0 radical (unpaired) electrons. The van der Waals surface area contributed by atoms with Crippen LogP contribution >= 0.6 is 0 Å². The van der Waals surface area contributed by atoms with Crippen molar-refractivity contribution < 1.29 is 0 Å². The van der Waals surface area contributed by atoms with Crippen molar-refractivity contribution in [2.45, 2.75) is 16.6 Å². The number of nitrogens with zero attached hydrogens (tertiary/aromatic N) is 1. The topological polar surface area (TPSA) is 23.8 Å². The quantitative estimate of drug-likeness (QED) is 0.750. The number of hydrogen-bond acceptors (Lipinski definition) is 1. The van der Waals surface area contributed by atoms with Crippen molar-refractivity contribution in [3.05, 3.63) is 71.8 Å². The minimum atomic E-state index is 0.213. The first-order valence-corrected chi connectivity index (χ1v) is 8.92. The molecule has 0 saturated heterocycles. The van der Waals surface area contributed by atoms with Gasteiger partial charge in [-0.15, -0.1) is 0 Å². The van der Waals surface area contributed by atoms with Crippen LogP contribution in [0.15, 0.2) is 60.7 Å². The molecule has 0 bridgehead atoms. The number of hydrogen-bond donors (Lipinski definition) is 0. The number of rotatable bonds is 2. The van der Waals surface area contributed by atoms with Gasteiger partial charge in [0.1, 0.15) is 0 Å². The second kappa shape index (κ2) is 6.09. The van der Waals surface area contributed by atoms with Crippen molar-refractivity contribution in [3.8, 4) is 6.07 Å². The van der Waals surface area contributed by atoms with Gasteiger partial charge in [0, 0.05) is 0 Å². The Morgan fingerprint density at radius 2 is 1.40 bits per heavy atom. The molecule has 0 saturated carbocycles. The molecule has 98 valence electrons. The molecule has 0 spiro atoms. The minimum absolute atomic E-state index is 0.213. The second-order valence-corrected chi connectivity index (χ2v) is 7.32. The number of allylic oxidation sites excluding steroid dienone is 2. The molecule has 2 aromatic carbocycles. The van der Waals surface area contributed by atoms with Gasteiger partial charge in [-0.1, -0.05) is 0 Å². The van der Waals surface area contributed by atoms with E-state index in [1.54, 1.807) is 0 Å². The van der Waals surface area contributed by atoms with Crippen molar-refractivity contribution in [3.63, 3.8) is 0 Å². The molecule has 1 aliphatic rings. The van der Waals surface area contributed by atoms with Crippen LogP contribution in [-0.4, -0.2) is 15.0 Å². The van der Waals surface area contributed by atoms with Gasteiger partial charge in [0.15, 0.2) is 0 Å². The zero-order chi connectivity index (χ0) is 13.8. The summed E-state index contributed by atoms with van der Waals surface area (Å²) in [4.78, 5) is 0.213. The first-order chi connectivity index (χ1) is 9.88. The van der Waals surface area contributed by atoms with Gasteiger partial charge in [-0.05, 0) is 0 Å². The van der Waals surface area contributed by atoms with E-state index in [9.17, 15) is 5.26 Å². The third-order valence-corrected chi connectivity index (χ3v) is 5.94. The van der Waals surface area contributed by atoms with Crippen LogP contribution in [0.5, 0.6) is 0 Å². The Hall–Kier alpha value is -1.81. The molecule has 0 aromatic heterocycles. The molecule has 0 aliphatic carbocycles. The van der Waals surface area contributed by atoms with Gasteiger partial charge in [0.05, 0.1) is 0 Å². The Morgan fingerprint density at radius 1 is 0.850 bits per heavy atom. The van der Waals surface area contributed by atoms with Gasteiger partial charge in [0.2, 0.25) is 0 Å².